The van der Waals surface area contributed by atoms with Crippen molar-refractivity contribution < 1.29 is 4.74 Å². The zero-order valence-electron chi connectivity index (χ0n) is 12.9. The van der Waals surface area contributed by atoms with E-state index >= 15 is 0 Å². The van der Waals surface area contributed by atoms with Crippen LogP contribution in [0.15, 0.2) is 67.1 Å². The lowest BCUT2D eigenvalue weighted by Crippen LogP contribution is -1.98. The lowest BCUT2D eigenvalue weighted by atomic mass is 10.3. The van der Waals surface area contributed by atoms with Crippen LogP contribution < -0.4 is 10.1 Å². The highest BCUT2D eigenvalue weighted by Crippen LogP contribution is 2.24. The molecule has 4 rings (SSSR count). The third-order valence-electron chi connectivity index (χ3n) is 3.41. The van der Waals surface area contributed by atoms with Crippen LogP contribution in [0, 0.1) is 0 Å². The van der Waals surface area contributed by atoms with Crippen molar-refractivity contribution in [3.63, 3.8) is 0 Å². The van der Waals surface area contributed by atoms with E-state index in [4.69, 9.17) is 16.3 Å². The first kappa shape index (κ1) is 15.3. The van der Waals surface area contributed by atoms with E-state index in [0.717, 1.165) is 11.4 Å². The average Bonchev–Trinajstić information content (AvgIpc) is 2.65. The largest absolute Gasteiger partial charge is 0.439 e. The summed E-state index contributed by atoms with van der Waals surface area (Å²) < 4.78 is 5.68. The maximum absolute atomic E-state index is 5.97. The van der Waals surface area contributed by atoms with Gasteiger partial charge in [-0.2, -0.15) is 0 Å². The monoisotopic (exact) mass is 349 g/mol. The van der Waals surface area contributed by atoms with Crippen molar-refractivity contribution in [1.82, 2.24) is 19.9 Å². The number of hydrogen-bond acceptors (Lipinski definition) is 6. The Morgan fingerprint density at radius 3 is 2.56 bits per heavy atom. The van der Waals surface area contributed by atoms with Crippen molar-refractivity contribution in [2.75, 3.05) is 5.32 Å². The van der Waals surface area contributed by atoms with Crippen LogP contribution in [-0.2, 0) is 0 Å². The fraction of sp³-hybridized carbons (Fsp3) is 0. The molecule has 1 N–H and O–H groups in total. The second-order valence-corrected chi connectivity index (χ2v) is 5.54. The van der Waals surface area contributed by atoms with Gasteiger partial charge in [-0.1, -0.05) is 29.8 Å². The fourth-order valence-corrected chi connectivity index (χ4v) is 2.42. The van der Waals surface area contributed by atoms with E-state index < -0.39 is 0 Å². The molecule has 7 heteroatoms. The first-order chi connectivity index (χ1) is 12.3. The Labute approximate surface area is 148 Å². The van der Waals surface area contributed by atoms with Gasteiger partial charge >= 0.3 is 0 Å². The Bertz CT molecular complexity index is 1010. The number of anilines is 2. The molecule has 0 aliphatic carbocycles. The third kappa shape index (κ3) is 3.49. The van der Waals surface area contributed by atoms with Crippen molar-refractivity contribution in [1.29, 1.82) is 0 Å². The Kier molecular flexibility index (Phi) is 4.10. The fourth-order valence-electron chi connectivity index (χ4n) is 2.27. The van der Waals surface area contributed by atoms with Gasteiger partial charge in [0, 0.05) is 6.07 Å². The number of hydrogen-bond donors (Lipinski definition) is 1. The van der Waals surface area contributed by atoms with E-state index in [2.05, 4.69) is 25.3 Å². The van der Waals surface area contributed by atoms with Crippen molar-refractivity contribution in [2.45, 2.75) is 0 Å². The summed E-state index contributed by atoms with van der Waals surface area (Å²) in [7, 11) is 0. The summed E-state index contributed by atoms with van der Waals surface area (Å²) in [6.07, 6.45) is 3.14. The zero-order valence-corrected chi connectivity index (χ0v) is 13.7. The lowest BCUT2D eigenvalue weighted by molar-refractivity contribution is 0.463. The molecule has 0 saturated carbocycles. The highest BCUT2D eigenvalue weighted by Gasteiger charge is 2.07. The number of pyridine rings is 2. The molecule has 3 aromatic heterocycles. The molecule has 0 fully saturated rings. The highest BCUT2D eigenvalue weighted by molar-refractivity contribution is 6.29. The summed E-state index contributed by atoms with van der Waals surface area (Å²) in [5, 5.41) is 3.56. The summed E-state index contributed by atoms with van der Waals surface area (Å²) in [5.74, 6) is 1.80. The molecule has 0 spiro atoms. The van der Waals surface area contributed by atoms with Crippen LogP contribution in [0.3, 0.4) is 0 Å². The van der Waals surface area contributed by atoms with Crippen molar-refractivity contribution >= 4 is 34.1 Å². The summed E-state index contributed by atoms with van der Waals surface area (Å²) in [5.41, 5.74) is 2.06. The van der Waals surface area contributed by atoms with Gasteiger partial charge in [0.1, 0.15) is 22.7 Å². The van der Waals surface area contributed by atoms with Gasteiger partial charge in [-0.05, 0) is 30.3 Å². The first-order valence-corrected chi connectivity index (χ1v) is 7.89. The van der Waals surface area contributed by atoms with Crippen molar-refractivity contribution in [2.24, 2.45) is 0 Å². The van der Waals surface area contributed by atoms with Gasteiger partial charge in [0.15, 0.2) is 5.82 Å². The van der Waals surface area contributed by atoms with Gasteiger partial charge in [0.05, 0.1) is 17.4 Å². The molecule has 122 valence electrons. The molecule has 0 amide bonds. The van der Waals surface area contributed by atoms with Crippen LogP contribution in [0.4, 0.5) is 11.5 Å². The first-order valence-electron chi connectivity index (χ1n) is 7.51. The van der Waals surface area contributed by atoms with E-state index in [9.17, 15) is 0 Å². The maximum atomic E-state index is 5.97. The topological polar surface area (TPSA) is 72.8 Å². The molecule has 0 saturated heterocycles. The second-order valence-electron chi connectivity index (χ2n) is 5.15. The van der Waals surface area contributed by atoms with Crippen LogP contribution in [0.25, 0.3) is 11.0 Å². The molecule has 0 unspecified atom stereocenters. The molecular formula is C18H12ClN5O. The predicted octanol–water partition coefficient (Wildman–Crippen LogP) is 4.61. The number of nitrogens with zero attached hydrogens (tertiary/aromatic N) is 4. The van der Waals surface area contributed by atoms with Crippen LogP contribution >= 0.6 is 11.6 Å². The molecule has 0 bridgehead atoms. The molecule has 4 aromatic rings. The molecule has 3 heterocycles. The number of para-hydroxylation sites is 1. The van der Waals surface area contributed by atoms with Gasteiger partial charge in [-0.15, -0.1) is 0 Å². The molecule has 25 heavy (non-hydrogen) atoms. The Balaban J connectivity index is 1.56. The minimum absolute atomic E-state index is 0.384. The minimum Gasteiger partial charge on any atom is -0.439 e. The highest BCUT2D eigenvalue weighted by atomic mass is 35.5. The van der Waals surface area contributed by atoms with Gasteiger partial charge in [-0.3, -0.25) is 0 Å². The second kappa shape index (κ2) is 6.70. The molecule has 0 radical (unpaired) electrons. The SMILES string of the molecule is Clc1ccc2ncnc(Nc3ccc(Oc4ccccc4)nc3)c2n1. The van der Waals surface area contributed by atoms with Crippen LogP contribution in [0.2, 0.25) is 5.15 Å². The molecule has 0 aliphatic rings. The zero-order chi connectivity index (χ0) is 17.1. The molecular weight excluding hydrogens is 338 g/mol. The number of nitrogens with one attached hydrogen (secondary N) is 1. The van der Waals surface area contributed by atoms with E-state index in [1.54, 1.807) is 24.4 Å². The summed E-state index contributed by atoms with van der Waals surface area (Å²) in [4.78, 5) is 17.0. The number of halogens is 1. The summed E-state index contributed by atoms with van der Waals surface area (Å²) in [6, 6.07) is 16.6. The maximum Gasteiger partial charge on any atom is 0.219 e. The quantitative estimate of drug-likeness (QED) is 0.542. The van der Waals surface area contributed by atoms with E-state index in [0.29, 0.717) is 27.9 Å². The average molecular weight is 350 g/mol. The van der Waals surface area contributed by atoms with E-state index in [1.165, 1.54) is 6.33 Å². The summed E-state index contributed by atoms with van der Waals surface area (Å²) >= 11 is 5.97. The number of rotatable bonds is 4. The van der Waals surface area contributed by atoms with Gasteiger partial charge in [0.25, 0.3) is 0 Å². The number of aromatic nitrogens is 4. The van der Waals surface area contributed by atoms with Crippen LogP contribution in [-0.4, -0.2) is 19.9 Å². The third-order valence-corrected chi connectivity index (χ3v) is 3.62. The Morgan fingerprint density at radius 1 is 0.880 bits per heavy atom. The lowest BCUT2D eigenvalue weighted by Gasteiger charge is -2.09. The summed E-state index contributed by atoms with van der Waals surface area (Å²) in [6.45, 7) is 0. The van der Waals surface area contributed by atoms with Gasteiger partial charge < -0.3 is 10.1 Å². The molecule has 6 nitrogen and oxygen atoms in total. The number of fused-ring (bicyclic) bond motifs is 1. The minimum atomic E-state index is 0.384. The molecule has 0 atom stereocenters. The van der Waals surface area contributed by atoms with E-state index in [-0.39, 0.29) is 0 Å². The van der Waals surface area contributed by atoms with Gasteiger partial charge in [0.2, 0.25) is 5.88 Å². The predicted molar refractivity (Wildman–Crippen MR) is 96.4 cm³/mol. The Morgan fingerprint density at radius 2 is 1.76 bits per heavy atom. The molecule has 1 aromatic carbocycles. The standard InChI is InChI=1S/C18H12ClN5O/c19-15-8-7-14-17(24-15)18(22-11-21-14)23-12-6-9-16(20-10-12)25-13-4-2-1-3-5-13/h1-11H,(H,21,22,23). The van der Waals surface area contributed by atoms with Crippen molar-refractivity contribution in [3.05, 3.63) is 72.3 Å². The normalized spacial score (nSPS) is 10.6. The van der Waals surface area contributed by atoms with Gasteiger partial charge in [-0.25, -0.2) is 19.9 Å². The number of ether oxygens (including phenoxy) is 1. The van der Waals surface area contributed by atoms with E-state index in [1.807, 2.05) is 36.4 Å². The molecule has 0 aliphatic heterocycles. The van der Waals surface area contributed by atoms with Crippen LogP contribution in [0.1, 0.15) is 0 Å². The number of benzene rings is 1. The smallest absolute Gasteiger partial charge is 0.219 e. The van der Waals surface area contributed by atoms with Crippen LogP contribution in [0.5, 0.6) is 11.6 Å². The van der Waals surface area contributed by atoms with Crippen molar-refractivity contribution in [3.8, 4) is 11.6 Å². The Hall–Kier alpha value is -3.25.